The van der Waals surface area contributed by atoms with Gasteiger partial charge < -0.3 is 4.74 Å². The van der Waals surface area contributed by atoms with Crippen molar-refractivity contribution in [3.05, 3.63) is 33.8 Å². The quantitative estimate of drug-likeness (QED) is 0.510. The molecule has 0 aromatic heterocycles. The average Bonchev–Trinajstić information content (AvgIpc) is 3.20. The molecule has 110 valence electrons. The van der Waals surface area contributed by atoms with E-state index in [9.17, 15) is 8.78 Å². The molecule has 0 amide bonds. The second-order valence-corrected chi connectivity index (χ2v) is 7.29. The maximum atomic E-state index is 14.2. The number of hydrogen-bond acceptors (Lipinski definition) is 1. The third-order valence-electron chi connectivity index (χ3n) is 4.48. The van der Waals surface area contributed by atoms with E-state index in [4.69, 9.17) is 4.74 Å². The molecule has 5 heteroatoms. The number of halogens is 4. The summed E-state index contributed by atoms with van der Waals surface area (Å²) in [5.74, 6) is -0.382. The molecule has 1 saturated heterocycles. The van der Waals surface area contributed by atoms with Crippen LogP contribution in [-0.2, 0) is 11.2 Å². The van der Waals surface area contributed by atoms with E-state index in [-0.39, 0.29) is 17.1 Å². The van der Waals surface area contributed by atoms with Gasteiger partial charge in [-0.3, -0.25) is 0 Å². The van der Waals surface area contributed by atoms with E-state index in [0.717, 1.165) is 6.42 Å². The molecule has 1 aromatic rings. The fourth-order valence-electron chi connectivity index (χ4n) is 3.21. The van der Waals surface area contributed by atoms with E-state index in [1.165, 1.54) is 25.0 Å². The minimum atomic E-state index is -0.480. The summed E-state index contributed by atoms with van der Waals surface area (Å²) in [5, 5.41) is 0.715. The summed E-state index contributed by atoms with van der Waals surface area (Å²) >= 11 is 6.70. The lowest BCUT2D eigenvalue weighted by Crippen LogP contribution is -2.37. The second kappa shape index (κ2) is 5.65. The summed E-state index contributed by atoms with van der Waals surface area (Å²) in [6, 6.07) is 2.74. The zero-order chi connectivity index (χ0) is 14.3. The van der Waals surface area contributed by atoms with Crippen LogP contribution >= 0.6 is 31.9 Å². The molecule has 0 spiro atoms. The number of alkyl halides is 1. The Bertz CT molecular complexity index is 519. The summed E-state index contributed by atoms with van der Waals surface area (Å²) in [6.07, 6.45) is 3.70. The molecule has 3 rings (SSSR count). The summed E-state index contributed by atoms with van der Waals surface area (Å²) in [7, 11) is 0. The molecule has 0 radical (unpaired) electrons. The maximum absolute atomic E-state index is 14.2. The van der Waals surface area contributed by atoms with Gasteiger partial charge in [0.25, 0.3) is 0 Å². The molecule has 20 heavy (non-hydrogen) atoms. The summed E-state index contributed by atoms with van der Waals surface area (Å²) in [5.41, 5.74) is -0.0149. The van der Waals surface area contributed by atoms with Gasteiger partial charge in [-0.2, -0.15) is 0 Å². The molecule has 0 N–H and O–H groups in total. The first-order valence-electron chi connectivity index (χ1n) is 6.87. The molecule has 1 aliphatic carbocycles. The highest BCUT2D eigenvalue weighted by Crippen LogP contribution is 2.50. The Balaban J connectivity index is 1.93. The zero-order valence-corrected chi connectivity index (χ0v) is 14.1. The monoisotopic (exact) mass is 408 g/mol. The van der Waals surface area contributed by atoms with Gasteiger partial charge in [0.1, 0.15) is 11.6 Å². The highest BCUT2D eigenvalue weighted by molar-refractivity contribution is 9.10. The van der Waals surface area contributed by atoms with E-state index in [1.54, 1.807) is 0 Å². The van der Waals surface area contributed by atoms with E-state index < -0.39 is 11.6 Å². The maximum Gasteiger partial charge on any atom is 0.143 e. The van der Waals surface area contributed by atoms with Crippen LogP contribution in [0.5, 0.6) is 0 Å². The minimum Gasteiger partial charge on any atom is -0.377 e. The standard InChI is InChI=1S/C15H16Br2F2O/c16-8-15(5-6-20-14(15)9-1-2-9)7-10-12(18)4-3-11(17)13(10)19/h3-4,9,14H,1-2,5-8H2. The van der Waals surface area contributed by atoms with Gasteiger partial charge in [0.05, 0.1) is 10.6 Å². The molecule has 2 aliphatic rings. The third kappa shape index (κ3) is 2.57. The average molecular weight is 410 g/mol. The number of rotatable bonds is 4. The van der Waals surface area contributed by atoms with E-state index in [2.05, 4.69) is 31.9 Å². The lowest BCUT2D eigenvalue weighted by atomic mass is 9.75. The van der Waals surface area contributed by atoms with Gasteiger partial charge in [0.2, 0.25) is 0 Å². The van der Waals surface area contributed by atoms with Crippen LogP contribution in [0.15, 0.2) is 16.6 Å². The zero-order valence-electron chi connectivity index (χ0n) is 11.0. The molecule has 2 atom stereocenters. The largest absolute Gasteiger partial charge is 0.377 e. The molecular formula is C15H16Br2F2O. The summed E-state index contributed by atoms with van der Waals surface area (Å²) in [4.78, 5) is 0. The van der Waals surface area contributed by atoms with Gasteiger partial charge in [-0.05, 0) is 59.7 Å². The van der Waals surface area contributed by atoms with Crippen molar-refractivity contribution in [1.29, 1.82) is 0 Å². The summed E-state index contributed by atoms with van der Waals surface area (Å²) < 4.78 is 34.4. The fraction of sp³-hybridized carbons (Fsp3) is 0.600. The highest BCUT2D eigenvalue weighted by atomic mass is 79.9. The third-order valence-corrected chi connectivity index (χ3v) is 6.21. The van der Waals surface area contributed by atoms with Crippen LogP contribution < -0.4 is 0 Å². The Hall–Kier alpha value is -0.000000000000000132. The van der Waals surface area contributed by atoms with Gasteiger partial charge >= 0.3 is 0 Å². The predicted molar refractivity (Wildman–Crippen MR) is 81.1 cm³/mol. The predicted octanol–water partition coefficient (Wildman–Crippen LogP) is 4.85. The van der Waals surface area contributed by atoms with Crippen molar-refractivity contribution in [1.82, 2.24) is 0 Å². The molecule has 1 aliphatic heterocycles. The Kier molecular flexibility index (Phi) is 4.22. The topological polar surface area (TPSA) is 9.23 Å². The van der Waals surface area contributed by atoms with Crippen LogP contribution in [-0.4, -0.2) is 18.0 Å². The van der Waals surface area contributed by atoms with E-state index >= 15 is 0 Å². The Morgan fingerprint density at radius 2 is 2.05 bits per heavy atom. The van der Waals surface area contributed by atoms with Gasteiger partial charge in [0, 0.05) is 22.9 Å². The van der Waals surface area contributed by atoms with E-state index in [0.29, 0.717) is 28.7 Å². The van der Waals surface area contributed by atoms with Crippen LogP contribution in [0.1, 0.15) is 24.8 Å². The Morgan fingerprint density at radius 1 is 1.30 bits per heavy atom. The lowest BCUT2D eigenvalue weighted by Gasteiger charge is -2.33. The molecule has 0 bridgehead atoms. The van der Waals surface area contributed by atoms with Crippen LogP contribution in [0.4, 0.5) is 8.78 Å². The first kappa shape index (κ1) is 14.9. The number of benzene rings is 1. The second-order valence-electron chi connectivity index (χ2n) is 5.87. The molecule has 1 nitrogen and oxygen atoms in total. The molecule has 1 aromatic carbocycles. The number of ether oxygens (including phenoxy) is 1. The van der Waals surface area contributed by atoms with Gasteiger partial charge in [-0.25, -0.2) is 8.78 Å². The van der Waals surface area contributed by atoms with Gasteiger partial charge in [-0.15, -0.1) is 0 Å². The Morgan fingerprint density at radius 3 is 2.70 bits per heavy atom. The van der Waals surface area contributed by atoms with Crippen molar-refractivity contribution >= 4 is 31.9 Å². The van der Waals surface area contributed by atoms with Crippen molar-refractivity contribution < 1.29 is 13.5 Å². The van der Waals surface area contributed by atoms with E-state index in [1.807, 2.05) is 0 Å². The molecule has 1 heterocycles. The van der Waals surface area contributed by atoms with Gasteiger partial charge in [-0.1, -0.05) is 15.9 Å². The molecule has 1 saturated carbocycles. The van der Waals surface area contributed by atoms with Crippen molar-refractivity contribution in [2.24, 2.45) is 11.3 Å². The first-order chi connectivity index (χ1) is 9.57. The molecule has 2 unspecified atom stereocenters. The molecule has 2 fully saturated rings. The van der Waals surface area contributed by atoms with Crippen molar-refractivity contribution in [2.75, 3.05) is 11.9 Å². The van der Waals surface area contributed by atoms with Crippen molar-refractivity contribution in [2.45, 2.75) is 31.8 Å². The van der Waals surface area contributed by atoms with Crippen molar-refractivity contribution in [3.8, 4) is 0 Å². The number of hydrogen-bond donors (Lipinski definition) is 0. The Labute approximate surface area is 134 Å². The molecular weight excluding hydrogens is 394 g/mol. The SMILES string of the molecule is Fc1ccc(Br)c(F)c1CC1(CBr)CCOC1C1CC1. The van der Waals surface area contributed by atoms with Crippen LogP contribution in [0.3, 0.4) is 0 Å². The van der Waals surface area contributed by atoms with Crippen LogP contribution in [0.2, 0.25) is 0 Å². The highest BCUT2D eigenvalue weighted by Gasteiger charge is 2.50. The lowest BCUT2D eigenvalue weighted by molar-refractivity contribution is 0.0407. The first-order valence-corrected chi connectivity index (χ1v) is 8.79. The smallest absolute Gasteiger partial charge is 0.143 e. The fourth-order valence-corrected chi connectivity index (χ4v) is 4.37. The van der Waals surface area contributed by atoms with Crippen LogP contribution in [0.25, 0.3) is 0 Å². The van der Waals surface area contributed by atoms with Crippen LogP contribution in [0, 0.1) is 23.0 Å². The van der Waals surface area contributed by atoms with Crippen molar-refractivity contribution in [3.63, 3.8) is 0 Å². The summed E-state index contributed by atoms with van der Waals surface area (Å²) in [6.45, 7) is 0.685. The normalized spacial score (nSPS) is 29.9. The minimum absolute atomic E-state index is 0.125. The van der Waals surface area contributed by atoms with Gasteiger partial charge in [0.15, 0.2) is 0 Å².